The monoisotopic (exact) mass is 440 g/mol. The molecule has 1 amide bonds. The van der Waals surface area contributed by atoms with Crippen LogP contribution in [0.3, 0.4) is 0 Å². The zero-order chi connectivity index (χ0) is 22.0. The number of carbonyl (C=O) groups excluding carboxylic acids is 1. The van der Waals surface area contributed by atoms with Gasteiger partial charge in [-0.25, -0.2) is 13.4 Å². The van der Waals surface area contributed by atoms with Crippen LogP contribution < -0.4 is 10.1 Å². The third-order valence-corrected chi connectivity index (χ3v) is 5.42. The predicted octanol–water partition coefficient (Wildman–Crippen LogP) is 3.06. The minimum atomic E-state index is -3.34. The summed E-state index contributed by atoms with van der Waals surface area (Å²) in [5, 5.41) is 2.50. The van der Waals surface area contributed by atoms with Crippen LogP contribution in [0.25, 0.3) is 22.6 Å². The number of anilines is 1. The highest BCUT2D eigenvalue weighted by Crippen LogP contribution is 2.25. The molecule has 0 saturated heterocycles. The van der Waals surface area contributed by atoms with E-state index >= 15 is 0 Å². The second-order valence-electron chi connectivity index (χ2n) is 6.40. The van der Waals surface area contributed by atoms with Crippen LogP contribution in [-0.2, 0) is 9.84 Å². The number of hydrogen-bond donors (Lipinski definition) is 1. The van der Waals surface area contributed by atoms with Crippen molar-refractivity contribution < 1.29 is 26.8 Å². The van der Waals surface area contributed by atoms with E-state index in [-0.39, 0.29) is 22.4 Å². The molecule has 0 radical (unpaired) electrons. The lowest BCUT2D eigenvalue weighted by molar-refractivity contribution is 0.0994. The Hall–Kier alpha value is -3.99. The van der Waals surface area contributed by atoms with E-state index in [1.165, 1.54) is 31.7 Å². The third kappa shape index (κ3) is 4.31. The highest BCUT2D eigenvalue weighted by Gasteiger charge is 2.21. The summed E-state index contributed by atoms with van der Waals surface area (Å²) in [6.45, 7) is 0. The van der Waals surface area contributed by atoms with Crippen LogP contribution in [0.5, 0.6) is 5.75 Å². The first-order valence-corrected chi connectivity index (χ1v) is 10.8. The van der Waals surface area contributed by atoms with Gasteiger partial charge in [-0.2, -0.15) is 4.98 Å². The highest BCUT2D eigenvalue weighted by molar-refractivity contribution is 7.90. The summed E-state index contributed by atoms with van der Waals surface area (Å²) >= 11 is 0. The van der Waals surface area contributed by atoms with E-state index in [0.29, 0.717) is 22.7 Å². The summed E-state index contributed by atoms with van der Waals surface area (Å²) in [4.78, 5) is 25.3. The van der Waals surface area contributed by atoms with Crippen molar-refractivity contribution in [3.8, 4) is 28.4 Å². The van der Waals surface area contributed by atoms with Gasteiger partial charge < -0.3 is 13.6 Å². The number of nitrogens with one attached hydrogen (secondary N) is 1. The maximum Gasteiger partial charge on any atom is 0.302 e. The Bertz CT molecular complexity index is 1320. The zero-order valence-corrected chi connectivity index (χ0v) is 17.2. The highest BCUT2D eigenvalue weighted by atomic mass is 32.2. The molecule has 0 atom stereocenters. The van der Waals surface area contributed by atoms with Gasteiger partial charge in [-0.05, 0) is 24.3 Å². The van der Waals surface area contributed by atoms with Crippen LogP contribution in [0.4, 0.5) is 6.01 Å². The topological polar surface area (TPSA) is 137 Å². The Morgan fingerprint density at radius 1 is 1.03 bits per heavy atom. The number of methoxy groups -OCH3 is 1. The minimum Gasteiger partial charge on any atom is -0.495 e. The van der Waals surface area contributed by atoms with Crippen LogP contribution in [0.15, 0.2) is 69.0 Å². The number of aromatic nitrogens is 3. The van der Waals surface area contributed by atoms with Gasteiger partial charge in [0, 0.05) is 11.8 Å². The van der Waals surface area contributed by atoms with E-state index in [0.717, 1.165) is 12.6 Å². The SMILES string of the molecule is COc1ccc(-c2coc(NC(=O)c3ocnc3-c3ccc(S(C)(=O)=O)cc3)n2)nc1. The maximum absolute atomic E-state index is 12.7. The van der Waals surface area contributed by atoms with Crippen molar-refractivity contribution in [2.45, 2.75) is 4.90 Å². The lowest BCUT2D eigenvalue weighted by Gasteiger charge is -2.03. The number of benzene rings is 1. The van der Waals surface area contributed by atoms with Gasteiger partial charge in [0.2, 0.25) is 5.76 Å². The van der Waals surface area contributed by atoms with Crippen LogP contribution in [0, 0.1) is 0 Å². The van der Waals surface area contributed by atoms with Gasteiger partial charge in [0.1, 0.15) is 23.4 Å². The van der Waals surface area contributed by atoms with Gasteiger partial charge in [0.15, 0.2) is 16.2 Å². The third-order valence-electron chi connectivity index (χ3n) is 4.29. The second kappa shape index (κ2) is 8.03. The standard InChI is InChI=1S/C20H16N4O6S/c1-28-13-5-8-15(21-9-13)16-10-29-20(23-16)24-19(25)18-17(22-11-30-18)12-3-6-14(7-4-12)31(2,26)27/h3-11H,1-2H3,(H,23,24,25). The Labute approximate surface area is 176 Å². The normalized spacial score (nSPS) is 11.3. The fraction of sp³-hybridized carbons (Fsp3) is 0.100. The lowest BCUT2D eigenvalue weighted by atomic mass is 10.1. The fourth-order valence-corrected chi connectivity index (χ4v) is 3.36. The first-order valence-electron chi connectivity index (χ1n) is 8.86. The maximum atomic E-state index is 12.7. The van der Waals surface area contributed by atoms with Gasteiger partial charge in [0.05, 0.1) is 23.9 Å². The molecule has 0 aliphatic rings. The zero-order valence-electron chi connectivity index (χ0n) is 16.4. The summed E-state index contributed by atoms with van der Waals surface area (Å²) in [6, 6.07) is 9.34. The molecule has 0 aliphatic carbocycles. The molecule has 158 valence electrons. The molecular weight excluding hydrogens is 424 g/mol. The average molecular weight is 440 g/mol. The lowest BCUT2D eigenvalue weighted by Crippen LogP contribution is -2.12. The van der Waals surface area contributed by atoms with Crippen LogP contribution in [-0.4, -0.2) is 42.6 Å². The van der Waals surface area contributed by atoms with Crippen molar-refractivity contribution in [1.29, 1.82) is 0 Å². The molecule has 3 aromatic heterocycles. The molecule has 4 rings (SSSR count). The number of carbonyl (C=O) groups is 1. The molecule has 4 aromatic rings. The number of amides is 1. The van der Waals surface area contributed by atoms with Crippen molar-refractivity contribution in [3.05, 3.63) is 61.0 Å². The van der Waals surface area contributed by atoms with Crippen molar-refractivity contribution in [1.82, 2.24) is 15.0 Å². The molecule has 1 N–H and O–H groups in total. The second-order valence-corrected chi connectivity index (χ2v) is 8.42. The van der Waals surface area contributed by atoms with Gasteiger partial charge >= 0.3 is 6.01 Å². The van der Waals surface area contributed by atoms with Crippen molar-refractivity contribution in [2.75, 3.05) is 18.7 Å². The van der Waals surface area contributed by atoms with E-state index in [4.69, 9.17) is 13.6 Å². The quantitative estimate of drug-likeness (QED) is 0.479. The molecule has 0 fully saturated rings. The minimum absolute atomic E-state index is 0.0487. The summed E-state index contributed by atoms with van der Waals surface area (Å²) in [7, 11) is -1.80. The number of pyridine rings is 1. The van der Waals surface area contributed by atoms with Crippen LogP contribution >= 0.6 is 0 Å². The van der Waals surface area contributed by atoms with E-state index < -0.39 is 15.7 Å². The Morgan fingerprint density at radius 2 is 1.81 bits per heavy atom. The van der Waals surface area contributed by atoms with Crippen LogP contribution in [0.1, 0.15) is 10.6 Å². The first-order chi connectivity index (χ1) is 14.8. The van der Waals surface area contributed by atoms with Gasteiger partial charge in [-0.15, -0.1) is 0 Å². The molecule has 0 saturated carbocycles. The van der Waals surface area contributed by atoms with E-state index in [1.807, 2.05) is 0 Å². The molecule has 0 aliphatic heterocycles. The molecule has 0 bridgehead atoms. The largest absolute Gasteiger partial charge is 0.495 e. The number of rotatable bonds is 6. The number of ether oxygens (including phenoxy) is 1. The molecule has 3 heterocycles. The number of oxazole rings is 2. The van der Waals surface area contributed by atoms with Gasteiger partial charge in [-0.1, -0.05) is 12.1 Å². The van der Waals surface area contributed by atoms with Gasteiger partial charge in [-0.3, -0.25) is 15.1 Å². The first kappa shape index (κ1) is 20.3. The Morgan fingerprint density at radius 3 is 2.45 bits per heavy atom. The van der Waals surface area contributed by atoms with Crippen LogP contribution in [0.2, 0.25) is 0 Å². The molecule has 0 spiro atoms. The number of nitrogens with zero attached hydrogens (tertiary/aromatic N) is 3. The fourth-order valence-electron chi connectivity index (χ4n) is 2.73. The predicted molar refractivity (Wildman–Crippen MR) is 109 cm³/mol. The summed E-state index contributed by atoms with van der Waals surface area (Å²) < 4.78 is 38.8. The molecule has 1 aromatic carbocycles. The molecular formula is C20H16N4O6S. The number of hydrogen-bond acceptors (Lipinski definition) is 9. The molecule has 0 unspecified atom stereocenters. The van der Waals surface area contributed by atoms with Gasteiger partial charge in [0.25, 0.3) is 5.91 Å². The summed E-state index contributed by atoms with van der Waals surface area (Å²) in [5.74, 6) is -0.103. The smallest absolute Gasteiger partial charge is 0.302 e. The van der Waals surface area contributed by atoms with Crippen molar-refractivity contribution in [2.24, 2.45) is 0 Å². The molecule has 11 heteroatoms. The molecule has 31 heavy (non-hydrogen) atoms. The molecule has 10 nitrogen and oxygen atoms in total. The Balaban J connectivity index is 1.53. The summed E-state index contributed by atoms with van der Waals surface area (Å²) in [6.07, 6.45) is 5.13. The van der Waals surface area contributed by atoms with Crippen molar-refractivity contribution >= 4 is 21.8 Å². The van der Waals surface area contributed by atoms with Crippen molar-refractivity contribution in [3.63, 3.8) is 0 Å². The summed E-state index contributed by atoms with van der Waals surface area (Å²) in [5.41, 5.74) is 1.73. The van der Waals surface area contributed by atoms with E-state index in [2.05, 4.69) is 20.3 Å². The van der Waals surface area contributed by atoms with E-state index in [1.54, 1.807) is 24.3 Å². The Kier molecular flexibility index (Phi) is 5.26. The average Bonchev–Trinajstić information content (AvgIpc) is 3.43. The van der Waals surface area contributed by atoms with E-state index in [9.17, 15) is 13.2 Å². The number of sulfone groups is 1.